The highest BCUT2D eigenvalue weighted by Crippen LogP contribution is 2.34. The molecule has 2 aromatic rings. The van der Waals surface area contributed by atoms with Gasteiger partial charge in [-0.2, -0.15) is 0 Å². The molecule has 0 radical (unpaired) electrons. The molecule has 2 rings (SSSR count). The van der Waals surface area contributed by atoms with Crippen molar-refractivity contribution < 1.29 is 24.2 Å². The van der Waals surface area contributed by atoms with Gasteiger partial charge in [0, 0.05) is 5.56 Å². The average Bonchev–Trinajstić information content (AvgIpc) is 2.80. The second-order valence-electron chi connectivity index (χ2n) is 8.17. The summed E-state index contributed by atoms with van der Waals surface area (Å²) in [5.41, 5.74) is 2.65. The van der Waals surface area contributed by atoms with Gasteiger partial charge in [-0.25, -0.2) is 9.59 Å². The molecule has 2 aromatic carbocycles. The predicted octanol–water partition coefficient (Wildman–Crippen LogP) is 7.66. The van der Waals surface area contributed by atoms with Crippen molar-refractivity contribution in [1.82, 2.24) is 0 Å². The average molecular weight is 441 g/mol. The number of esters is 1. The van der Waals surface area contributed by atoms with E-state index in [2.05, 4.69) is 6.92 Å². The van der Waals surface area contributed by atoms with Crippen LogP contribution in [0.2, 0.25) is 0 Å². The van der Waals surface area contributed by atoms with Gasteiger partial charge in [-0.3, -0.25) is 0 Å². The Balaban J connectivity index is 2.00. The van der Waals surface area contributed by atoms with Gasteiger partial charge in [0.05, 0.1) is 12.7 Å². The van der Waals surface area contributed by atoms with Crippen LogP contribution in [-0.4, -0.2) is 24.3 Å². The molecular weight excluding hydrogens is 404 g/mol. The summed E-state index contributed by atoms with van der Waals surface area (Å²) < 4.78 is 9.89. The van der Waals surface area contributed by atoms with Gasteiger partial charge in [-0.05, 0) is 42.2 Å². The summed E-state index contributed by atoms with van der Waals surface area (Å²) in [5, 5.41) is 9.12. The molecule has 0 heterocycles. The first-order valence-electron chi connectivity index (χ1n) is 11.8. The first-order valence-corrected chi connectivity index (χ1v) is 11.8. The first-order chi connectivity index (χ1) is 15.6. The molecule has 0 aliphatic heterocycles. The van der Waals surface area contributed by atoms with E-state index in [0.29, 0.717) is 16.7 Å². The lowest BCUT2D eigenvalue weighted by atomic mass is 9.95. The maximum atomic E-state index is 12.2. The quantitative estimate of drug-likeness (QED) is 0.185. The number of unbranched alkanes of at least 4 members (excludes halogenated alkanes) is 9. The Labute approximate surface area is 191 Å². The van der Waals surface area contributed by atoms with Crippen LogP contribution in [0.5, 0.6) is 5.75 Å². The zero-order valence-electron chi connectivity index (χ0n) is 19.4. The molecule has 0 saturated heterocycles. The van der Waals surface area contributed by atoms with Crippen molar-refractivity contribution >= 4 is 12.1 Å². The lowest BCUT2D eigenvalue weighted by Gasteiger charge is -2.14. The Hall–Kier alpha value is -2.82. The summed E-state index contributed by atoms with van der Waals surface area (Å²) in [5.74, 6) is -0.261. The molecule has 0 aliphatic carbocycles. The first kappa shape index (κ1) is 25.4. The second kappa shape index (κ2) is 14.3. The lowest BCUT2D eigenvalue weighted by Crippen LogP contribution is -2.07. The zero-order valence-corrected chi connectivity index (χ0v) is 19.4. The molecule has 0 atom stereocenters. The Morgan fingerprint density at radius 3 is 2.06 bits per heavy atom. The molecule has 5 heteroatoms. The lowest BCUT2D eigenvalue weighted by molar-refractivity contribution is 0.0601. The van der Waals surface area contributed by atoms with Crippen LogP contribution < -0.4 is 4.74 Å². The molecular formula is C27H36O5. The normalized spacial score (nSPS) is 10.7. The van der Waals surface area contributed by atoms with Crippen LogP contribution in [0.4, 0.5) is 4.79 Å². The molecule has 0 bridgehead atoms. The molecule has 0 saturated carbocycles. The predicted molar refractivity (Wildman–Crippen MR) is 127 cm³/mol. The standard InChI is InChI=1S/C27H36O5/c1-3-4-5-6-7-8-9-10-11-12-15-21-18-19-25(32-27(29)30)24(20-21)22-16-13-14-17-23(22)26(28)31-2/h13-14,16-20H,3-12,15H2,1-2H3,(H,29,30). The molecule has 5 nitrogen and oxygen atoms in total. The van der Waals surface area contributed by atoms with Crippen molar-refractivity contribution in [2.45, 2.75) is 77.6 Å². The van der Waals surface area contributed by atoms with Crippen LogP contribution in [-0.2, 0) is 11.2 Å². The minimum absolute atomic E-state index is 0.209. The van der Waals surface area contributed by atoms with E-state index in [-0.39, 0.29) is 5.75 Å². The third-order valence-electron chi connectivity index (χ3n) is 5.68. The van der Waals surface area contributed by atoms with E-state index in [1.165, 1.54) is 64.9 Å². The number of aryl methyl sites for hydroxylation is 1. The molecule has 174 valence electrons. The highest BCUT2D eigenvalue weighted by Gasteiger charge is 2.18. The van der Waals surface area contributed by atoms with Crippen LogP contribution in [0.15, 0.2) is 42.5 Å². The van der Waals surface area contributed by atoms with Crippen molar-refractivity contribution in [3.63, 3.8) is 0 Å². The monoisotopic (exact) mass is 440 g/mol. The van der Waals surface area contributed by atoms with E-state index < -0.39 is 12.1 Å². The summed E-state index contributed by atoms with van der Waals surface area (Å²) >= 11 is 0. The van der Waals surface area contributed by atoms with Gasteiger partial charge < -0.3 is 14.6 Å². The summed E-state index contributed by atoms with van der Waals surface area (Å²) in [4.78, 5) is 23.4. The highest BCUT2D eigenvalue weighted by atomic mass is 16.7. The van der Waals surface area contributed by atoms with Gasteiger partial charge >= 0.3 is 12.1 Å². The Kier molecular flexibility index (Phi) is 11.4. The number of carbonyl (C=O) groups is 2. The highest BCUT2D eigenvalue weighted by molar-refractivity contribution is 5.98. The van der Waals surface area contributed by atoms with Crippen molar-refractivity contribution in [2.24, 2.45) is 0 Å². The van der Waals surface area contributed by atoms with Crippen molar-refractivity contribution in [1.29, 1.82) is 0 Å². The van der Waals surface area contributed by atoms with Gasteiger partial charge in [-0.1, -0.05) is 89.0 Å². The number of carboxylic acid groups (broad SMARTS) is 1. The largest absolute Gasteiger partial charge is 0.511 e. The molecule has 0 fully saturated rings. The molecule has 0 aliphatic rings. The Morgan fingerprint density at radius 1 is 0.812 bits per heavy atom. The Morgan fingerprint density at radius 2 is 1.44 bits per heavy atom. The fourth-order valence-electron chi connectivity index (χ4n) is 3.95. The Bertz CT molecular complexity index is 859. The van der Waals surface area contributed by atoms with Gasteiger partial charge in [0.15, 0.2) is 0 Å². The molecule has 0 amide bonds. The van der Waals surface area contributed by atoms with E-state index in [0.717, 1.165) is 18.4 Å². The molecule has 0 unspecified atom stereocenters. The minimum atomic E-state index is -1.38. The molecule has 1 N–H and O–H groups in total. The number of hydrogen-bond donors (Lipinski definition) is 1. The summed E-state index contributed by atoms with van der Waals surface area (Å²) in [6.07, 6.45) is 12.3. The van der Waals surface area contributed by atoms with Crippen molar-refractivity contribution in [3.05, 3.63) is 53.6 Å². The van der Waals surface area contributed by atoms with Gasteiger partial charge in [0.2, 0.25) is 0 Å². The molecule has 0 spiro atoms. The van der Waals surface area contributed by atoms with Gasteiger partial charge in [0.1, 0.15) is 5.75 Å². The smallest absolute Gasteiger partial charge is 0.465 e. The second-order valence-corrected chi connectivity index (χ2v) is 8.17. The van der Waals surface area contributed by atoms with Crippen LogP contribution in [0.3, 0.4) is 0 Å². The van der Waals surface area contributed by atoms with Crippen molar-refractivity contribution in [3.8, 4) is 16.9 Å². The number of rotatable bonds is 14. The molecule has 0 aromatic heterocycles. The number of benzene rings is 2. The van der Waals surface area contributed by atoms with Crippen molar-refractivity contribution in [2.75, 3.05) is 7.11 Å². The maximum absolute atomic E-state index is 12.2. The van der Waals surface area contributed by atoms with Gasteiger partial charge in [0.25, 0.3) is 0 Å². The van der Waals surface area contributed by atoms with E-state index in [1.54, 1.807) is 30.3 Å². The topological polar surface area (TPSA) is 72.8 Å². The van der Waals surface area contributed by atoms with E-state index in [9.17, 15) is 9.59 Å². The molecule has 32 heavy (non-hydrogen) atoms. The van der Waals surface area contributed by atoms with Crippen LogP contribution in [0.25, 0.3) is 11.1 Å². The SMILES string of the molecule is CCCCCCCCCCCCc1ccc(OC(=O)O)c(-c2ccccc2C(=O)OC)c1. The van der Waals surface area contributed by atoms with Crippen LogP contribution >= 0.6 is 0 Å². The number of ether oxygens (including phenoxy) is 2. The third-order valence-corrected chi connectivity index (χ3v) is 5.68. The van der Waals surface area contributed by atoms with E-state index in [1.807, 2.05) is 12.1 Å². The number of carbonyl (C=O) groups excluding carboxylic acids is 1. The summed E-state index contributed by atoms with van der Waals surface area (Å²) in [7, 11) is 1.33. The third kappa shape index (κ3) is 8.37. The minimum Gasteiger partial charge on any atom is -0.465 e. The maximum Gasteiger partial charge on any atom is 0.511 e. The fourth-order valence-corrected chi connectivity index (χ4v) is 3.95. The van der Waals surface area contributed by atoms with E-state index in [4.69, 9.17) is 14.6 Å². The fraction of sp³-hybridized carbons (Fsp3) is 0.481. The summed E-state index contributed by atoms with van der Waals surface area (Å²) in [6.45, 7) is 2.24. The van der Waals surface area contributed by atoms with E-state index >= 15 is 0 Å². The van der Waals surface area contributed by atoms with Crippen LogP contribution in [0.1, 0.15) is 87.1 Å². The van der Waals surface area contributed by atoms with Gasteiger partial charge in [-0.15, -0.1) is 0 Å². The van der Waals surface area contributed by atoms with Crippen LogP contribution in [0, 0.1) is 0 Å². The zero-order chi connectivity index (χ0) is 23.2. The summed E-state index contributed by atoms with van der Waals surface area (Å²) in [6, 6.07) is 12.5. The number of hydrogen-bond acceptors (Lipinski definition) is 4. The number of methoxy groups -OCH3 is 1.